The molecule has 0 saturated heterocycles. The molecular weight excluding hydrogens is 1130 g/mol. The van der Waals surface area contributed by atoms with Gasteiger partial charge in [-0.25, -0.2) is 19.6 Å². The van der Waals surface area contributed by atoms with Crippen LogP contribution in [0.3, 0.4) is 0 Å². The van der Waals surface area contributed by atoms with Crippen molar-refractivity contribution in [3.63, 3.8) is 0 Å². The van der Waals surface area contributed by atoms with Gasteiger partial charge in [-0.1, -0.05) is 141 Å². The highest BCUT2D eigenvalue weighted by atomic mass is 32.2. The van der Waals surface area contributed by atoms with Crippen molar-refractivity contribution in [2.75, 3.05) is 46.8 Å². The van der Waals surface area contributed by atoms with E-state index < -0.39 is 0 Å². The third kappa shape index (κ3) is 28.9. The molecule has 0 aliphatic heterocycles. The topological polar surface area (TPSA) is 291 Å². The number of hydrogen-bond donors (Lipinski definition) is 8. The van der Waals surface area contributed by atoms with Gasteiger partial charge < -0.3 is 52.6 Å². The number of aliphatic hydroxyl groups is 2. The van der Waals surface area contributed by atoms with E-state index in [9.17, 15) is 29.4 Å². The molecule has 19 nitrogen and oxygen atoms in total. The average Bonchev–Trinajstić information content (AvgIpc) is 2.51. The van der Waals surface area contributed by atoms with E-state index in [-0.39, 0.29) is 58.9 Å². The minimum atomic E-state index is -0.0880. The van der Waals surface area contributed by atoms with E-state index in [1.165, 1.54) is 44.9 Å². The summed E-state index contributed by atoms with van der Waals surface area (Å²) in [6.45, 7) is 21.8. The number of carbonyl (C=O) groups excluding carboxylic acids is 4. The third-order valence-electron chi connectivity index (χ3n) is 15.0. The molecule has 1 heterocycles. The first-order valence-corrected chi connectivity index (χ1v) is 33.4. The number of oxime groups is 2. The second kappa shape index (κ2) is 42.5. The lowest BCUT2D eigenvalue weighted by Gasteiger charge is -2.29. The number of rotatable bonds is 22. The molecule has 10 N–H and O–H groups in total. The van der Waals surface area contributed by atoms with Gasteiger partial charge in [-0.15, -0.1) is 0 Å². The quantitative estimate of drug-likeness (QED) is 0.0343. The van der Waals surface area contributed by atoms with Gasteiger partial charge in [-0.2, -0.15) is 28.5 Å². The van der Waals surface area contributed by atoms with E-state index >= 15 is 0 Å². The molecule has 2 aromatic carbocycles. The molecule has 8 unspecified atom stereocenters. The fraction of sp³-hybridized carbons (Fsp3) is 0.615. The van der Waals surface area contributed by atoms with Crippen molar-refractivity contribution < 1.29 is 39.1 Å². The lowest BCUT2D eigenvalue weighted by Crippen LogP contribution is -2.43. The molecule has 478 valence electrons. The molecule has 0 spiro atoms. The molecule has 2 saturated carbocycles. The van der Waals surface area contributed by atoms with Crippen LogP contribution in [-0.4, -0.2) is 108 Å². The number of anilines is 4. The summed E-state index contributed by atoms with van der Waals surface area (Å²) in [5.74, 6) is 4.52. The number of nitrogens with two attached hydrogens (primary N) is 2. The number of allylic oxidation sites excluding steroid dienone is 4. The van der Waals surface area contributed by atoms with Crippen LogP contribution in [0.4, 0.5) is 32.9 Å². The number of nitrogens with one attached hydrogen (secondary N) is 4. The van der Waals surface area contributed by atoms with Gasteiger partial charge in [0.05, 0.1) is 22.6 Å². The predicted octanol–water partition coefficient (Wildman–Crippen LogP) is 14.8. The summed E-state index contributed by atoms with van der Waals surface area (Å²) >= 11 is 3.80. The molecule has 7 rings (SSSR count). The summed E-state index contributed by atoms with van der Waals surface area (Å²) in [6.07, 6.45) is 18.0. The van der Waals surface area contributed by atoms with E-state index in [0.29, 0.717) is 109 Å². The van der Waals surface area contributed by atoms with Crippen LogP contribution < -0.4 is 32.7 Å². The van der Waals surface area contributed by atoms with Gasteiger partial charge in [0.15, 0.2) is 11.6 Å². The summed E-state index contributed by atoms with van der Waals surface area (Å²) < 4.78 is 0. The Labute approximate surface area is 521 Å². The number of Topliss-reactive ketones (excluding diaryl/α,β-unsaturated/α-hetero) is 2. The lowest BCUT2D eigenvalue weighted by molar-refractivity contribution is -0.117. The molecule has 86 heavy (non-hydrogen) atoms. The first-order chi connectivity index (χ1) is 41.4. The third-order valence-corrected chi connectivity index (χ3v) is 17.2. The number of urea groups is 2. The number of hydrogen-bond acceptors (Lipinski definition) is 17. The van der Waals surface area contributed by atoms with Crippen LogP contribution in [0.2, 0.25) is 0 Å². The van der Waals surface area contributed by atoms with Crippen molar-refractivity contribution in [1.82, 2.24) is 25.6 Å². The Morgan fingerprint density at radius 2 is 0.977 bits per heavy atom. The monoisotopic (exact) mass is 1230 g/mol. The minimum absolute atomic E-state index is 0.00866. The highest BCUT2D eigenvalue weighted by molar-refractivity contribution is 8.00. The number of benzene rings is 2. The van der Waals surface area contributed by atoms with Crippen LogP contribution >= 0.6 is 23.5 Å². The Morgan fingerprint density at radius 3 is 1.28 bits per heavy atom. The van der Waals surface area contributed by atoms with Crippen molar-refractivity contribution in [3.05, 3.63) is 89.7 Å². The Morgan fingerprint density at radius 1 is 0.605 bits per heavy atom. The number of ketones is 2. The minimum Gasteiger partial charge on any atom is -0.511 e. The highest BCUT2D eigenvalue weighted by Crippen LogP contribution is 2.35. The second-order valence-electron chi connectivity index (χ2n) is 22.3. The Kier molecular flexibility index (Phi) is 36.5. The van der Waals surface area contributed by atoms with Crippen LogP contribution in [0.1, 0.15) is 185 Å². The molecule has 0 bridgehead atoms. The number of para-hydroxylation sites is 2. The number of thioether (sulfide) groups is 2. The maximum Gasteiger partial charge on any atom is 0.319 e. The lowest BCUT2D eigenvalue weighted by atomic mass is 9.82. The van der Waals surface area contributed by atoms with Crippen LogP contribution in [0.15, 0.2) is 100.0 Å². The summed E-state index contributed by atoms with van der Waals surface area (Å²) in [5, 5.41) is 41.7. The van der Waals surface area contributed by atoms with Gasteiger partial charge in [0.2, 0.25) is 11.9 Å². The smallest absolute Gasteiger partial charge is 0.319 e. The average molecular weight is 1230 g/mol. The van der Waals surface area contributed by atoms with Gasteiger partial charge in [-0.3, -0.25) is 9.59 Å². The van der Waals surface area contributed by atoms with Gasteiger partial charge >= 0.3 is 12.1 Å². The summed E-state index contributed by atoms with van der Waals surface area (Å²) in [6, 6.07) is 19.6. The van der Waals surface area contributed by atoms with E-state index in [2.05, 4.69) is 88.1 Å². The van der Waals surface area contributed by atoms with Crippen molar-refractivity contribution in [2.45, 2.75) is 207 Å². The number of aromatic nitrogens is 3. The molecular formula is C65H103N11O8S2. The maximum absolute atomic E-state index is 12.5. The van der Waals surface area contributed by atoms with Gasteiger partial charge in [0.1, 0.15) is 31.1 Å². The Balaban J connectivity index is 0.000000289. The van der Waals surface area contributed by atoms with E-state index in [4.69, 9.17) is 21.1 Å². The van der Waals surface area contributed by atoms with Crippen LogP contribution in [-0.2, 0) is 19.3 Å². The van der Waals surface area contributed by atoms with E-state index in [1.807, 2.05) is 112 Å². The largest absolute Gasteiger partial charge is 0.511 e. The summed E-state index contributed by atoms with van der Waals surface area (Å²) in [4.78, 5) is 69.3. The van der Waals surface area contributed by atoms with Crippen molar-refractivity contribution >= 4 is 81.8 Å². The molecule has 4 aliphatic rings. The zero-order valence-corrected chi connectivity index (χ0v) is 54.7. The summed E-state index contributed by atoms with van der Waals surface area (Å²) in [5.41, 5.74) is 13.9. The molecule has 2 fully saturated rings. The molecule has 0 radical (unpaired) electrons. The number of carbonyl (C=O) groups is 4. The second-order valence-corrected chi connectivity index (χ2v) is 25.8. The van der Waals surface area contributed by atoms with E-state index in [0.717, 1.165) is 61.4 Å². The fourth-order valence-corrected chi connectivity index (χ4v) is 12.8. The van der Waals surface area contributed by atoms with Crippen LogP contribution in [0.5, 0.6) is 0 Å². The SMILES string of the molecule is CC1CCCCC1NC(=O)Nc1ccccc1.CC1CCCCC1NC(=O)Nc1ccccc1.CCC/C(=N/OCC)C1=C(O)CC(CC(C)SCC)CC1=O.CCC/C(=N\OCC)C1=C(O)CC(CC(C)SCC)CC1=O.Nc1ncnc(N)n1. The molecule has 21 heteroatoms. The Bertz CT molecular complexity index is 2420. The zero-order valence-electron chi connectivity index (χ0n) is 53.1. The number of nitrogens with zero attached hydrogens (tertiary/aromatic N) is 5. The normalized spacial score (nSPS) is 21.2. The van der Waals surface area contributed by atoms with Gasteiger partial charge in [0.25, 0.3) is 0 Å². The van der Waals surface area contributed by atoms with Crippen molar-refractivity contribution in [3.8, 4) is 0 Å². The van der Waals surface area contributed by atoms with Gasteiger partial charge in [-0.05, 0) is 125 Å². The van der Waals surface area contributed by atoms with Crippen LogP contribution in [0.25, 0.3) is 0 Å². The molecule has 1 aromatic heterocycles. The van der Waals surface area contributed by atoms with Crippen molar-refractivity contribution in [2.24, 2.45) is 34.0 Å². The molecule has 4 amide bonds. The molecule has 3 aromatic rings. The maximum atomic E-state index is 12.5. The first kappa shape index (κ1) is 73.9. The van der Waals surface area contributed by atoms with Crippen molar-refractivity contribution in [1.29, 1.82) is 0 Å². The fourth-order valence-electron chi connectivity index (χ4n) is 10.9. The number of amides is 4. The molecule has 4 aliphatic carbocycles. The highest BCUT2D eigenvalue weighted by Gasteiger charge is 2.33. The zero-order chi connectivity index (χ0) is 63.2. The predicted molar refractivity (Wildman–Crippen MR) is 356 cm³/mol. The first-order valence-electron chi connectivity index (χ1n) is 31.3. The number of nitrogen functional groups attached to an aromatic ring is 2. The number of aliphatic hydroxyl groups excluding tert-OH is 2. The van der Waals surface area contributed by atoms with Gasteiger partial charge in [0, 0.05) is 59.6 Å². The summed E-state index contributed by atoms with van der Waals surface area (Å²) in [7, 11) is 0. The standard InChI is InChI=1S/2C17H29NO3S.2C14H20N2O.C3H5N5/c2*1-5-8-14(18-21-6-2)17-15(19)10-13(11-16(17)20)9-12(4)22-7-3;2*1-11-7-5-6-10-13(11)16-14(17)15-12-8-3-2-4-9-12;4-2-6-1-7-3(5)8-2/h2*12-13,19H,5-11H2,1-4H3;2*2-4,8-9,11,13H,5-7,10H2,1H3,(H2,15,16,17);1H,(H4,4,5,6,7,8)/b18-14+;18-14-;;;. The Hall–Kier alpha value is -6.35. The molecule has 8 atom stereocenters. The van der Waals surface area contributed by atoms with Crippen LogP contribution in [0, 0.1) is 23.7 Å². The van der Waals surface area contributed by atoms with E-state index in [1.54, 1.807) is 0 Å².